The Morgan fingerprint density at radius 2 is 2.14 bits per heavy atom. The minimum Gasteiger partial charge on any atom is -0.481 e. The largest absolute Gasteiger partial charge is 0.481 e. The van der Waals surface area contributed by atoms with Gasteiger partial charge in [0.15, 0.2) is 0 Å². The first-order chi connectivity index (χ1) is 6.79. The number of aromatic nitrogens is 4. The van der Waals surface area contributed by atoms with E-state index in [1.807, 2.05) is 0 Å². The number of methoxy groups -OCH3 is 1. The molecule has 2 aromatic heterocycles. The molecule has 0 aromatic carbocycles. The third-order valence-corrected chi connectivity index (χ3v) is 1.60. The zero-order valence-electron chi connectivity index (χ0n) is 7.76. The molecule has 14 heavy (non-hydrogen) atoms. The van der Waals surface area contributed by atoms with Crippen molar-refractivity contribution in [1.29, 1.82) is 0 Å². The lowest BCUT2D eigenvalue weighted by atomic mass is 10.4. The van der Waals surface area contributed by atoms with Gasteiger partial charge in [0.1, 0.15) is 12.0 Å². The number of aryl methyl sites for hydroxylation is 1. The maximum atomic E-state index is 5.20. The van der Waals surface area contributed by atoms with Crippen LogP contribution < -0.4 is 4.74 Å². The van der Waals surface area contributed by atoms with E-state index in [4.69, 9.17) is 9.15 Å². The summed E-state index contributed by atoms with van der Waals surface area (Å²) in [4.78, 5) is 7.85. The summed E-state index contributed by atoms with van der Waals surface area (Å²) in [6, 6.07) is 1.63. The number of nitrogens with zero attached hydrogens (tertiary/aromatic N) is 4. The molecule has 0 fully saturated rings. The van der Waals surface area contributed by atoms with E-state index in [0.29, 0.717) is 23.4 Å². The predicted molar refractivity (Wildman–Crippen MR) is 46.6 cm³/mol. The lowest BCUT2D eigenvalue weighted by Crippen LogP contribution is -1.90. The van der Waals surface area contributed by atoms with E-state index in [0.717, 1.165) is 0 Å². The Balaban J connectivity index is 2.41. The van der Waals surface area contributed by atoms with Gasteiger partial charge in [-0.05, 0) is 0 Å². The molecule has 0 atom stereocenters. The summed E-state index contributed by atoms with van der Waals surface area (Å²) >= 11 is 0. The average Bonchev–Trinajstić information content (AvgIpc) is 2.65. The second kappa shape index (κ2) is 3.41. The fourth-order valence-corrected chi connectivity index (χ4v) is 0.968. The van der Waals surface area contributed by atoms with Crippen LogP contribution in [-0.2, 0) is 0 Å². The van der Waals surface area contributed by atoms with Crippen LogP contribution in [0.5, 0.6) is 5.88 Å². The molecular weight excluding hydrogens is 184 g/mol. The smallest absolute Gasteiger partial charge is 0.266 e. The Hall–Kier alpha value is -1.98. The number of ether oxygens (including phenoxy) is 1. The Morgan fingerprint density at radius 1 is 1.29 bits per heavy atom. The fraction of sp³-hybridized carbons (Fsp3) is 0.250. The molecule has 0 aliphatic carbocycles. The quantitative estimate of drug-likeness (QED) is 0.702. The molecule has 6 nitrogen and oxygen atoms in total. The van der Waals surface area contributed by atoms with Crippen molar-refractivity contribution in [2.45, 2.75) is 6.92 Å². The molecule has 2 rings (SSSR count). The van der Waals surface area contributed by atoms with Crippen molar-refractivity contribution in [2.75, 3.05) is 7.11 Å². The first-order valence-electron chi connectivity index (χ1n) is 3.96. The lowest BCUT2D eigenvalue weighted by Gasteiger charge is -1.97. The van der Waals surface area contributed by atoms with E-state index in [1.165, 1.54) is 13.4 Å². The average molecular weight is 192 g/mol. The number of rotatable bonds is 2. The Labute approximate surface area is 80.0 Å². The third-order valence-electron chi connectivity index (χ3n) is 1.60. The monoisotopic (exact) mass is 192 g/mol. The molecule has 2 aromatic rings. The van der Waals surface area contributed by atoms with Gasteiger partial charge in [-0.15, -0.1) is 10.2 Å². The summed E-state index contributed by atoms with van der Waals surface area (Å²) < 4.78 is 10.1. The lowest BCUT2D eigenvalue weighted by molar-refractivity contribution is 0.396. The molecule has 72 valence electrons. The molecule has 6 heteroatoms. The van der Waals surface area contributed by atoms with Crippen molar-refractivity contribution in [3.63, 3.8) is 0 Å². The van der Waals surface area contributed by atoms with Crippen molar-refractivity contribution < 1.29 is 9.15 Å². The summed E-state index contributed by atoms with van der Waals surface area (Å²) in [6.45, 7) is 1.72. The van der Waals surface area contributed by atoms with Gasteiger partial charge < -0.3 is 9.15 Å². The minimum atomic E-state index is 0.364. The van der Waals surface area contributed by atoms with Crippen molar-refractivity contribution in [1.82, 2.24) is 20.2 Å². The summed E-state index contributed by atoms with van der Waals surface area (Å²) in [7, 11) is 1.53. The Kier molecular flexibility index (Phi) is 2.10. The van der Waals surface area contributed by atoms with E-state index in [2.05, 4.69) is 20.2 Å². The van der Waals surface area contributed by atoms with Crippen LogP contribution in [0.15, 0.2) is 16.8 Å². The highest BCUT2D eigenvalue weighted by Crippen LogP contribution is 2.17. The number of hydrogen-bond acceptors (Lipinski definition) is 6. The standard InChI is InChI=1S/C8H8N4O2/c1-5-11-12-8(14-5)6-3-7(13-2)10-4-9-6/h3-4H,1-2H3. The molecule has 0 aliphatic rings. The van der Waals surface area contributed by atoms with E-state index in [1.54, 1.807) is 13.0 Å². The molecule has 0 bridgehead atoms. The van der Waals surface area contributed by atoms with E-state index in [9.17, 15) is 0 Å². The van der Waals surface area contributed by atoms with E-state index in [-0.39, 0.29) is 0 Å². The van der Waals surface area contributed by atoms with Gasteiger partial charge in [-0.2, -0.15) is 0 Å². The molecule has 0 saturated heterocycles. The van der Waals surface area contributed by atoms with Gasteiger partial charge in [0.25, 0.3) is 5.89 Å². The molecule has 0 aliphatic heterocycles. The van der Waals surface area contributed by atoms with Crippen molar-refractivity contribution in [3.05, 3.63) is 18.3 Å². The zero-order chi connectivity index (χ0) is 9.97. The van der Waals surface area contributed by atoms with E-state index < -0.39 is 0 Å². The first kappa shape index (κ1) is 8.61. The van der Waals surface area contributed by atoms with Gasteiger partial charge >= 0.3 is 0 Å². The highest BCUT2D eigenvalue weighted by molar-refractivity contribution is 5.47. The van der Waals surface area contributed by atoms with E-state index >= 15 is 0 Å². The molecule has 0 saturated carbocycles. The molecule has 0 radical (unpaired) electrons. The van der Waals surface area contributed by atoms with Crippen LogP contribution in [0.3, 0.4) is 0 Å². The first-order valence-corrected chi connectivity index (χ1v) is 3.96. The van der Waals surface area contributed by atoms with Crippen LogP contribution in [0.4, 0.5) is 0 Å². The predicted octanol–water partition coefficient (Wildman–Crippen LogP) is 0.844. The van der Waals surface area contributed by atoms with Gasteiger partial charge in [0.2, 0.25) is 11.8 Å². The summed E-state index contributed by atoms with van der Waals surface area (Å²) in [5.74, 6) is 1.33. The summed E-state index contributed by atoms with van der Waals surface area (Å²) in [5.41, 5.74) is 0.553. The maximum absolute atomic E-state index is 5.20. The SMILES string of the molecule is COc1cc(-c2nnc(C)o2)ncn1. The van der Waals surface area contributed by atoms with Crippen LogP contribution >= 0.6 is 0 Å². The second-order valence-corrected chi connectivity index (χ2v) is 2.57. The topological polar surface area (TPSA) is 73.9 Å². The van der Waals surface area contributed by atoms with Crippen molar-refractivity contribution in [3.8, 4) is 17.5 Å². The van der Waals surface area contributed by atoms with Crippen LogP contribution in [0.2, 0.25) is 0 Å². The van der Waals surface area contributed by atoms with Gasteiger partial charge in [-0.1, -0.05) is 0 Å². The second-order valence-electron chi connectivity index (χ2n) is 2.57. The highest BCUT2D eigenvalue weighted by atomic mass is 16.5. The maximum Gasteiger partial charge on any atom is 0.266 e. The third kappa shape index (κ3) is 1.54. The molecule has 2 heterocycles. The van der Waals surface area contributed by atoms with Crippen LogP contribution in [-0.4, -0.2) is 27.3 Å². The highest BCUT2D eigenvalue weighted by Gasteiger charge is 2.08. The van der Waals surface area contributed by atoms with Gasteiger partial charge in [0.05, 0.1) is 7.11 Å². The molecular formula is C8H8N4O2. The molecule has 0 amide bonds. The summed E-state index contributed by atoms with van der Waals surface area (Å²) in [6.07, 6.45) is 1.38. The van der Waals surface area contributed by atoms with Crippen molar-refractivity contribution in [2.24, 2.45) is 0 Å². The summed E-state index contributed by atoms with van der Waals surface area (Å²) in [5, 5.41) is 7.53. The zero-order valence-corrected chi connectivity index (χ0v) is 7.76. The molecule has 0 N–H and O–H groups in total. The van der Waals surface area contributed by atoms with Gasteiger partial charge in [-0.3, -0.25) is 0 Å². The normalized spacial score (nSPS) is 10.1. The fourth-order valence-electron chi connectivity index (χ4n) is 0.968. The van der Waals surface area contributed by atoms with Crippen LogP contribution in [0.25, 0.3) is 11.6 Å². The molecule has 0 unspecified atom stereocenters. The van der Waals surface area contributed by atoms with Gasteiger partial charge in [0, 0.05) is 13.0 Å². The van der Waals surface area contributed by atoms with Crippen LogP contribution in [0.1, 0.15) is 5.89 Å². The molecule has 0 spiro atoms. The van der Waals surface area contributed by atoms with Crippen molar-refractivity contribution >= 4 is 0 Å². The number of hydrogen-bond donors (Lipinski definition) is 0. The Bertz CT molecular complexity index is 440. The Morgan fingerprint density at radius 3 is 2.79 bits per heavy atom. The van der Waals surface area contributed by atoms with Crippen LogP contribution in [0, 0.1) is 6.92 Å². The minimum absolute atomic E-state index is 0.364. The van der Waals surface area contributed by atoms with Gasteiger partial charge in [-0.25, -0.2) is 9.97 Å².